The third-order valence-electron chi connectivity index (χ3n) is 3.72. The number of anilines is 1. The average molecular weight is 270 g/mol. The van der Waals surface area contributed by atoms with Gasteiger partial charge in [0.15, 0.2) is 0 Å². The highest BCUT2D eigenvalue weighted by Gasteiger charge is 2.31. The zero-order valence-electron chi connectivity index (χ0n) is 11.5. The Hall–Kier alpha value is -2.14. The molecule has 104 valence electrons. The lowest BCUT2D eigenvalue weighted by Crippen LogP contribution is -2.38. The molecule has 0 spiro atoms. The van der Waals surface area contributed by atoms with E-state index in [1.54, 1.807) is 6.33 Å². The molecule has 3 rings (SSSR count). The van der Waals surface area contributed by atoms with Crippen LogP contribution in [0.1, 0.15) is 12.1 Å². The monoisotopic (exact) mass is 270 g/mol. The van der Waals surface area contributed by atoms with E-state index in [1.807, 2.05) is 53.0 Å². The first kappa shape index (κ1) is 12.9. The molecular formula is C15H18N4O. The summed E-state index contributed by atoms with van der Waals surface area (Å²) < 4.78 is 1.96. The molecule has 1 fully saturated rings. The van der Waals surface area contributed by atoms with Crippen molar-refractivity contribution in [2.75, 3.05) is 11.4 Å². The van der Waals surface area contributed by atoms with Gasteiger partial charge in [0.2, 0.25) is 5.91 Å². The highest BCUT2D eigenvalue weighted by Crippen LogP contribution is 2.21. The number of carbonyl (C=O) groups excluding carboxylic acids is 1. The van der Waals surface area contributed by atoms with E-state index in [4.69, 9.17) is 0 Å². The number of hydrogen-bond donors (Lipinski definition) is 1. The molecule has 1 aromatic carbocycles. The predicted octanol–water partition coefficient (Wildman–Crippen LogP) is 1.32. The zero-order valence-corrected chi connectivity index (χ0v) is 11.5. The van der Waals surface area contributed by atoms with Crippen molar-refractivity contribution in [2.45, 2.75) is 19.0 Å². The number of nitrogens with zero attached hydrogens (tertiary/aromatic N) is 3. The number of benzene rings is 1. The van der Waals surface area contributed by atoms with E-state index in [9.17, 15) is 4.79 Å². The maximum atomic E-state index is 12.4. The minimum absolute atomic E-state index is 0.106. The molecule has 1 aliphatic rings. The third kappa shape index (κ3) is 2.44. The topological polar surface area (TPSA) is 50.2 Å². The highest BCUT2D eigenvalue weighted by molar-refractivity contribution is 5.99. The van der Waals surface area contributed by atoms with Crippen molar-refractivity contribution in [3.63, 3.8) is 0 Å². The molecule has 0 aliphatic carbocycles. The van der Waals surface area contributed by atoms with Crippen molar-refractivity contribution in [1.82, 2.24) is 14.9 Å². The van der Waals surface area contributed by atoms with Crippen LogP contribution in [0.4, 0.5) is 5.69 Å². The molecule has 2 aromatic rings. The second-order valence-corrected chi connectivity index (χ2v) is 5.04. The van der Waals surface area contributed by atoms with E-state index in [-0.39, 0.29) is 11.9 Å². The standard InChI is InChI=1S/C15H18N4O/c1-18-11-16-9-13(18)10-17-14-7-8-19(15(14)20)12-5-3-2-4-6-12/h2-6,9,11,14,17H,7-8,10H2,1H3/t14-/m1/s1. The van der Waals surface area contributed by atoms with Crippen LogP contribution in [0.2, 0.25) is 0 Å². The van der Waals surface area contributed by atoms with Gasteiger partial charge in [-0.2, -0.15) is 0 Å². The second-order valence-electron chi connectivity index (χ2n) is 5.04. The van der Waals surface area contributed by atoms with Crippen molar-refractivity contribution in [1.29, 1.82) is 0 Å². The van der Waals surface area contributed by atoms with Gasteiger partial charge in [-0.3, -0.25) is 4.79 Å². The number of imidazole rings is 1. The van der Waals surface area contributed by atoms with Gasteiger partial charge in [-0.25, -0.2) is 4.98 Å². The van der Waals surface area contributed by atoms with Gasteiger partial charge >= 0.3 is 0 Å². The Morgan fingerprint density at radius 2 is 2.15 bits per heavy atom. The number of aromatic nitrogens is 2. The van der Waals surface area contributed by atoms with Crippen LogP contribution in [-0.4, -0.2) is 28.0 Å². The smallest absolute Gasteiger partial charge is 0.244 e. The Morgan fingerprint density at radius 3 is 2.85 bits per heavy atom. The fraction of sp³-hybridized carbons (Fsp3) is 0.333. The lowest BCUT2D eigenvalue weighted by molar-refractivity contribution is -0.118. The summed E-state index contributed by atoms with van der Waals surface area (Å²) in [6.07, 6.45) is 4.43. The van der Waals surface area contributed by atoms with Gasteiger partial charge in [0.05, 0.1) is 18.1 Å². The maximum absolute atomic E-state index is 12.4. The number of amides is 1. The number of carbonyl (C=O) groups is 1. The van der Waals surface area contributed by atoms with E-state index in [0.29, 0.717) is 6.54 Å². The SMILES string of the molecule is Cn1cncc1CN[C@@H]1CCN(c2ccccc2)C1=O. The zero-order chi connectivity index (χ0) is 13.9. The van der Waals surface area contributed by atoms with Crippen molar-refractivity contribution in [3.05, 3.63) is 48.5 Å². The molecule has 5 heteroatoms. The van der Waals surface area contributed by atoms with Crippen LogP contribution < -0.4 is 10.2 Å². The van der Waals surface area contributed by atoms with E-state index in [2.05, 4.69) is 10.3 Å². The van der Waals surface area contributed by atoms with E-state index in [1.165, 1.54) is 0 Å². The van der Waals surface area contributed by atoms with Gasteiger partial charge in [-0.1, -0.05) is 18.2 Å². The molecular weight excluding hydrogens is 252 g/mol. The average Bonchev–Trinajstić information content (AvgIpc) is 3.04. The Bertz CT molecular complexity index is 593. The molecule has 1 atom stereocenters. The Morgan fingerprint density at radius 1 is 1.35 bits per heavy atom. The number of para-hydroxylation sites is 1. The summed E-state index contributed by atoms with van der Waals surface area (Å²) in [5.74, 6) is 0.151. The van der Waals surface area contributed by atoms with Gasteiger partial charge in [0.25, 0.3) is 0 Å². The molecule has 1 aliphatic heterocycles. The van der Waals surface area contributed by atoms with Crippen LogP contribution in [0, 0.1) is 0 Å². The first-order valence-electron chi connectivity index (χ1n) is 6.81. The largest absolute Gasteiger partial charge is 0.337 e. The number of hydrogen-bond acceptors (Lipinski definition) is 3. The molecule has 1 N–H and O–H groups in total. The highest BCUT2D eigenvalue weighted by atomic mass is 16.2. The fourth-order valence-corrected chi connectivity index (χ4v) is 2.52. The van der Waals surface area contributed by atoms with Crippen LogP contribution in [0.15, 0.2) is 42.9 Å². The normalized spacial score (nSPS) is 18.8. The summed E-state index contributed by atoms with van der Waals surface area (Å²) in [5, 5.41) is 3.32. The van der Waals surface area contributed by atoms with Crippen molar-refractivity contribution < 1.29 is 4.79 Å². The predicted molar refractivity (Wildman–Crippen MR) is 77.2 cm³/mol. The van der Waals surface area contributed by atoms with Gasteiger partial charge in [0, 0.05) is 32.0 Å². The summed E-state index contributed by atoms with van der Waals surface area (Å²) in [4.78, 5) is 18.3. The lowest BCUT2D eigenvalue weighted by Gasteiger charge is -2.17. The van der Waals surface area contributed by atoms with Gasteiger partial charge in [-0.05, 0) is 18.6 Å². The van der Waals surface area contributed by atoms with Gasteiger partial charge in [0.1, 0.15) is 0 Å². The molecule has 0 bridgehead atoms. The van der Waals surface area contributed by atoms with Crippen molar-refractivity contribution in [3.8, 4) is 0 Å². The summed E-state index contributed by atoms with van der Waals surface area (Å²) >= 11 is 0. The molecule has 0 unspecified atom stereocenters. The van der Waals surface area contributed by atoms with Crippen LogP contribution in [0.25, 0.3) is 0 Å². The molecule has 5 nitrogen and oxygen atoms in total. The number of aryl methyl sites for hydroxylation is 1. The Balaban J connectivity index is 1.63. The van der Waals surface area contributed by atoms with Crippen LogP contribution in [0.3, 0.4) is 0 Å². The second kappa shape index (κ2) is 5.46. The van der Waals surface area contributed by atoms with E-state index >= 15 is 0 Å². The molecule has 1 aromatic heterocycles. The van der Waals surface area contributed by atoms with Crippen LogP contribution >= 0.6 is 0 Å². The Kier molecular flexibility index (Phi) is 3.52. The van der Waals surface area contributed by atoms with Crippen LogP contribution in [-0.2, 0) is 18.4 Å². The summed E-state index contributed by atoms with van der Waals surface area (Å²) in [6, 6.07) is 9.72. The number of nitrogens with one attached hydrogen (secondary N) is 1. The summed E-state index contributed by atoms with van der Waals surface area (Å²) in [5.41, 5.74) is 2.05. The molecule has 1 saturated heterocycles. The molecule has 2 heterocycles. The minimum atomic E-state index is -0.106. The summed E-state index contributed by atoms with van der Waals surface area (Å²) in [7, 11) is 1.96. The van der Waals surface area contributed by atoms with Crippen molar-refractivity contribution in [2.24, 2.45) is 7.05 Å². The van der Waals surface area contributed by atoms with Crippen molar-refractivity contribution >= 4 is 11.6 Å². The maximum Gasteiger partial charge on any atom is 0.244 e. The Labute approximate surface area is 118 Å². The molecule has 1 amide bonds. The quantitative estimate of drug-likeness (QED) is 0.911. The molecule has 20 heavy (non-hydrogen) atoms. The molecule has 0 saturated carbocycles. The van der Waals surface area contributed by atoms with Crippen LogP contribution in [0.5, 0.6) is 0 Å². The minimum Gasteiger partial charge on any atom is -0.337 e. The van der Waals surface area contributed by atoms with Gasteiger partial charge in [-0.15, -0.1) is 0 Å². The van der Waals surface area contributed by atoms with E-state index < -0.39 is 0 Å². The third-order valence-corrected chi connectivity index (χ3v) is 3.72. The first-order chi connectivity index (χ1) is 9.75. The number of rotatable bonds is 4. The lowest BCUT2D eigenvalue weighted by atomic mass is 10.2. The first-order valence-corrected chi connectivity index (χ1v) is 6.81. The van der Waals surface area contributed by atoms with Gasteiger partial charge < -0.3 is 14.8 Å². The summed E-state index contributed by atoms with van der Waals surface area (Å²) in [6.45, 7) is 1.43. The van der Waals surface area contributed by atoms with E-state index in [0.717, 1.165) is 24.3 Å². The molecule has 0 radical (unpaired) electrons. The fourth-order valence-electron chi connectivity index (χ4n) is 2.52.